The second kappa shape index (κ2) is 7.49. The predicted molar refractivity (Wildman–Crippen MR) is 95.2 cm³/mol. The van der Waals surface area contributed by atoms with Gasteiger partial charge in [-0.15, -0.1) is 5.10 Å². The van der Waals surface area contributed by atoms with Crippen LogP contribution in [-0.2, 0) is 4.79 Å². The molecule has 1 aromatic carbocycles. The maximum atomic E-state index is 12.3. The Kier molecular flexibility index (Phi) is 5.38. The molecule has 5 nitrogen and oxygen atoms in total. The maximum Gasteiger partial charge on any atom is 0.233 e. The van der Waals surface area contributed by atoms with Crippen molar-refractivity contribution in [3.8, 4) is 11.4 Å². The van der Waals surface area contributed by atoms with Gasteiger partial charge in [0.15, 0.2) is 5.82 Å². The van der Waals surface area contributed by atoms with E-state index in [2.05, 4.69) is 38.0 Å². The highest BCUT2D eigenvalue weighted by atomic mass is 79.9. The number of likely N-dealkylation sites (tertiary alicyclic amines) is 1. The summed E-state index contributed by atoms with van der Waals surface area (Å²) in [6.07, 6.45) is 2.32. The first-order chi connectivity index (χ1) is 11.1. The Morgan fingerprint density at radius 3 is 3.09 bits per heavy atom. The van der Waals surface area contributed by atoms with Crippen LogP contribution >= 0.6 is 27.7 Å². The summed E-state index contributed by atoms with van der Waals surface area (Å²) in [5.74, 6) is 1.87. The average Bonchev–Trinajstić information content (AvgIpc) is 3.02. The fraction of sp³-hybridized carbons (Fsp3) is 0.438. The standard InChI is InChI=1S/C16H19BrN4OS/c1-11-5-4-8-21(9-11)14(22)10-23-16-18-15(19-20-16)12-6-2-3-7-13(12)17/h2-3,6-7,11H,4-5,8-10H2,1H3,(H,18,19,20)/t11-/m0/s1. The zero-order valence-corrected chi connectivity index (χ0v) is 15.4. The van der Waals surface area contributed by atoms with Gasteiger partial charge in [-0.05, 0) is 24.8 Å². The number of nitrogens with zero attached hydrogens (tertiary/aromatic N) is 3. The van der Waals surface area contributed by atoms with E-state index >= 15 is 0 Å². The van der Waals surface area contributed by atoms with Crippen molar-refractivity contribution in [2.45, 2.75) is 24.9 Å². The molecule has 0 unspecified atom stereocenters. The number of amides is 1. The Hall–Kier alpha value is -1.34. The van der Waals surface area contributed by atoms with Gasteiger partial charge in [0.1, 0.15) is 0 Å². The molecule has 1 saturated heterocycles. The summed E-state index contributed by atoms with van der Waals surface area (Å²) >= 11 is 4.89. The van der Waals surface area contributed by atoms with Gasteiger partial charge in [-0.2, -0.15) is 0 Å². The first-order valence-corrected chi connectivity index (χ1v) is 9.49. The van der Waals surface area contributed by atoms with Crippen LogP contribution in [0.3, 0.4) is 0 Å². The molecule has 122 valence electrons. The molecule has 1 N–H and O–H groups in total. The Balaban J connectivity index is 1.59. The molecule has 0 aliphatic carbocycles. The van der Waals surface area contributed by atoms with Crippen molar-refractivity contribution in [2.24, 2.45) is 5.92 Å². The van der Waals surface area contributed by atoms with Gasteiger partial charge in [0.05, 0.1) is 5.75 Å². The van der Waals surface area contributed by atoms with Crippen molar-refractivity contribution < 1.29 is 4.79 Å². The van der Waals surface area contributed by atoms with E-state index in [1.807, 2.05) is 29.2 Å². The monoisotopic (exact) mass is 394 g/mol. The van der Waals surface area contributed by atoms with Crippen LogP contribution in [-0.4, -0.2) is 44.8 Å². The third kappa shape index (κ3) is 4.14. The molecule has 1 fully saturated rings. The minimum Gasteiger partial charge on any atom is -0.342 e. The predicted octanol–water partition coefficient (Wildman–Crippen LogP) is 3.58. The molecular formula is C16H19BrN4OS. The summed E-state index contributed by atoms with van der Waals surface area (Å²) in [5.41, 5.74) is 0.961. The van der Waals surface area contributed by atoms with Gasteiger partial charge in [0, 0.05) is 23.1 Å². The zero-order valence-electron chi connectivity index (χ0n) is 13.0. The van der Waals surface area contributed by atoms with E-state index in [9.17, 15) is 4.79 Å². The number of thioether (sulfide) groups is 1. The van der Waals surface area contributed by atoms with E-state index < -0.39 is 0 Å². The van der Waals surface area contributed by atoms with Gasteiger partial charge >= 0.3 is 0 Å². The molecule has 0 spiro atoms. The van der Waals surface area contributed by atoms with Gasteiger partial charge in [0.25, 0.3) is 0 Å². The highest BCUT2D eigenvalue weighted by Crippen LogP contribution is 2.26. The zero-order chi connectivity index (χ0) is 16.2. The second-order valence-corrected chi connectivity index (χ2v) is 7.62. The summed E-state index contributed by atoms with van der Waals surface area (Å²) < 4.78 is 0.964. The van der Waals surface area contributed by atoms with Crippen LogP contribution in [0, 0.1) is 5.92 Å². The summed E-state index contributed by atoms with van der Waals surface area (Å²) in [6.45, 7) is 3.95. The van der Waals surface area contributed by atoms with Crippen LogP contribution in [0.5, 0.6) is 0 Å². The van der Waals surface area contributed by atoms with E-state index in [1.165, 1.54) is 18.2 Å². The third-order valence-electron chi connectivity index (χ3n) is 3.93. The van der Waals surface area contributed by atoms with E-state index in [4.69, 9.17) is 0 Å². The number of aromatic nitrogens is 3. The lowest BCUT2D eigenvalue weighted by molar-refractivity contribution is -0.130. The molecule has 1 atom stereocenters. The van der Waals surface area contributed by atoms with Crippen LogP contribution < -0.4 is 0 Å². The van der Waals surface area contributed by atoms with Crippen LogP contribution in [0.1, 0.15) is 19.8 Å². The lowest BCUT2D eigenvalue weighted by Gasteiger charge is -2.30. The van der Waals surface area contributed by atoms with Crippen molar-refractivity contribution in [3.63, 3.8) is 0 Å². The smallest absolute Gasteiger partial charge is 0.233 e. The Bertz CT molecular complexity index is 690. The summed E-state index contributed by atoms with van der Waals surface area (Å²) in [4.78, 5) is 18.7. The normalized spacial score (nSPS) is 18.2. The second-order valence-electron chi connectivity index (χ2n) is 5.82. The van der Waals surface area contributed by atoms with E-state index in [0.717, 1.165) is 29.5 Å². The van der Waals surface area contributed by atoms with Gasteiger partial charge in [-0.25, -0.2) is 4.98 Å². The summed E-state index contributed by atoms with van der Waals surface area (Å²) in [7, 11) is 0. The van der Waals surface area contributed by atoms with Gasteiger partial charge in [-0.1, -0.05) is 52.8 Å². The average molecular weight is 395 g/mol. The van der Waals surface area contributed by atoms with Crippen LogP contribution in [0.4, 0.5) is 0 Å². The SMILES string of the molecule is C[C@H]1CCCN(C(=O)CSc2n[nH]c(-c3ccccc3Br)n2)C1. The lowest BCUT2D eigenvalue weighted by atomic mass is 10.0. The number of hydrogen-bond donors (Lipinski definition) is 1. The minimum absolute atomic E-state index is 0.175. The lowest BCUT2D eigenvalue weighted by Crippen LogP contribution is -2.40. The number of benzene rings is 1. The molecule has 0 bridgehead atoms. The number of hydrogen-bond acceptors (Lipinski definition) is 4. The van der Waals surface area contributed by atoms with Crippen molar-refractivity contribution in [1.82, 2.24) is 20.1 Å². The fourth-order valence-corrected chi connectivity index (χ4v) is 3.89. The fourth-order valence-electron chi connectivity index (χ4n) is 2.72. The highest BCUT2D eigenvalue weighted by molar-refractivity contribution is 9.10. The molecule has 1 amide bonds. The molecular weight excluding hydrogens is 376 g/mol. The van der Waals surface area contributed by atoms with E-state index in [0.29, 0.717) is 22.7 Å². The van der Waals surface area contributed by atoms with Crippen LogP contribution in [0.15, 0.2) is 33.9 Å². The Labute approximate surface area is 148 Å². The van der Waals surface area contributed by atoms with E-state index in [1.54, 1.807) is 0 Å². The highest BCUT2D eigenvalue weighted by Gasteiger charge is 2.21. The van der Waals surface area contributed by atoms with Crippen molar-refractivity contribution in [3.05, 3.63) is 28.7 Å². The molecule has 0 radical (unpaired) electrons. The maximum absolute atomic E-state index is 12.3. The molecule has 3 rings (SSSR count). The largest absolute Gasteiger partial charge is 0.342 e. The molecule has 2 heterocycles. The number of aromatic amines is 1. The van der Waals surface area contributed by atoms with Gasteiger partial charge in [0.2, 0.25) is 11.1 Å². The molecule has 7 heteroatoms. The first kappa shape index (κ1) is 16.5. The van der Waals surface area contributed by atoms with Gasteiger partial charge in [-0.3, -0.25) is 9.89 Å². The van der Waals surface area contributed by atoms with Crippen LogP contribution in [0.2, 0.25) is 0 Å². The molecule has 1 aliphatic heterocycles. The molecule has 0 saturated carbocycles. The summed E-state index contributed by atoms with van der Waals surface area (Å²) in [6, 6.07) is 7.85. The Morgan fingerprint density at radius 2 is 2.30 bits per heavy atom. The molecule has 1 aliphatic rings. The van der Waals surface area contributed by atoms with Crippen molar-refractivity contribution in [2.75, 3.05) is 18.8 Å². The topological polar surface area (TPSA) is 61.9 Å². The molecule has 23 heavy (non-hydrogen) atoms. The number of rotatable bonds is 4. The van der Waals surface area contributed by atoms with E-state index in [-0.39, 0.29) is 5.91 Å². The Morgan fingerprint density at radius 1 is 1.48 bits per heavy atom. The third-order valence-corrected chi connectivity index (χ3v) is 5.45. The number of carbonyl (C=O) groups excluding carboxylic acids is 1. The quantitative estimate of drug-likeness (QED) is 0.804. The molecule has 2 aromatic rings. The molecule has 1 aromatic heterocycles. The number of piperidine rings is 1. The number of nitrogens with one attached hydrogen (secondary N) is 1. The van der Waals surface area contributed by atoms with Gasteiger partial charge < -0.3 is 4.90 Å². The van der Waals surface area contributed by atoms with Crippen LogP contribution in [0.25, 0.3) is 11.4 Å². The van der Waals surface area contributed by atoms with Crippen molar-refractivity contribution in [1.29, 1.82) is 0 Å². The number of H-pyrrole nitrogens is 1. The van der Waals surface area contributed by atoms with Crippen molar-refractivity contribution >= 4 is 33.6 Å². The summed E-state index contributed by atoms with van der Waals surface area (Å²) in [5, 5.41) is 7.74. The number of halogens is 1. The minimum atomic E-state index is 0.175. The first-order valence-electron chi connectivity index (χ1n) is 7.71. The number of carbonyl (C=O) groups is 1.